The van der Waals surface area contributed by atoms with Crippen LogP contribution in [-0.4, -0.2) is 24.5 Å². The van der Waals surface area contributed by atoms with Crippen molar-refractivity contribution < 1.29 is 14.3 Å². The average molecular weight is 191 g/mol. The number of β-lactam (4-membered cyclic amide) rings is 1. The van der Waals surface area contributed by atoms with Crippen LogP contribution in [-0.2, 0) is 9.53 Å². The first-order valence-corrected chi connectivity index (χ1v) is 4.31. The molecule has 1 aromatic carbocycles. The SMILES string of the molecule is O=C(O[C@@H]1CNC1=O)c1ccccc1. The van der Waals surface area contributed by atoms with Gasteiger partial charge in [-0.25, -0.2) is 4.79 Å². The minimum atomic E-state index is -0.609. The summed E-state index contributed by atoms with van der Waals surface area (Å²) in [7, 11) is 0. The molecule has 0 radical (unpaired) electrons. The summed E-state index contributed by atoms with van der Waals surface area (Å²) in [5.74, 6) is -0.681. The highest BCUT2D eigenvalue weighted by atomic mass is 16.6. The fourth-order valence-corrected chi connectivity index (χ4v) is 1.14. The van der Waals surface area contributed by atoms with Crippen molar-refractivity contribution in [3.63, 3.8) is 0 Å². The van der Waals surface area contributed by atoms with E-state index in [1.165, 1.54) is 0 Å². The fourth-order valence-electron chi connectivity index (χ4n) is 1.14. The molecule has 0 bridgehead atoms. The van der Waals surface area contributed by atoms with Crippen molar-refractivity contribution >= 4 is 11.9 Å². The molecule has 4 heteroatoms. The summed E-state index contributed by atoms with van der Waals surface area (Å²) in [5.41, 5.74) is 0.465. The number of carbonyl (C=O) groups is 2. The first-order chi connectivity index (χ1) is 6.77. The third kappa shape index (κ3) is 1.59. The standard InChI is InChI=1S/C10H9NO3/c12-9-8(6-11-9)14-10(13)7-4-2-1-3-5-7/h1-5,8H,6H2,(H,11,12)/t8-/m1/s1. The van der Waals surface area contributed by atoms with Crippen molar-refractivity contribution in [1.29, 1.82) is 0 Å². The van der Waals surface area contributed by atoms with Crippen molar-refractivity contribution in [1.82, 2.24) is 5.32 Å². The molecule has 1 amide bonds. The van der Waals surface area contributed by atoms with Gasteiger partial charge in [-0.2, -0.15) is 0 Å². The van der Waals surface area contributed by atoms with E-state index in [9.17, 15) is 9.59 Å². The van der Waals surface area contributed by atoms with Crippen molar-refractivity contribution in [2.24, 2.45) is 0 Å². The molecular weight excluding hydrogens is 182 g/mol. The maximum atomic E-state index is 11.4. The summed E-state index contributed by atoms with van der Waals surface area (Å²) in [6.07, 6.45) is -0.609. The van der Waals surface area contributed by atoms with Crippen LogP contribution in [0.3, 0.4) is 0 Å². The molecule has 72 valence electrons. The number of hydrogen-bond acceptors (Lipinski definition) is 3. The van der Waals surface area contributed by atoms with Gasteiger partial charge >= 0.3 is 5.97 Å². The smallest absolute Gasteiger partial charge is 0.338 e. The van der Waals surface area contributed by atoms with Gasteiger partial charge in [0.05, 0.1) is 12.1 Å². The van der Waals surface area contributed by atoms with E-state index in [1.54, 1.807) is 24.3 Å². The van der Waals surface area contributed by atoms with Crippen LogP contribution in [0.25, 0.3) is 0 Å². The van der Waals surface area contributed by atoms with E-state index < -0.39 is 12.1 Å². The van der Waals surface area contributed by atoms with Crippen LogP contribution < -0.4 is 5.32 Å². The second-order valence-corrected chi connectivity index (χ2v) is 3.01. The van der Waals surface area contributed by atoms with Crippen LogP contribution in [0.1, 0.15) is 10.4 Å². The molecule has 0 unspecified atom stereocenters. The van der Waals surface area contributed by atoms with E-state index in [4.69, 9.17) is 4.74 Å². The number of rotatable bonds is 2. The molecule has 1 N–H and O–H groups in total. The largest absolute Gasteiger partial charge is 0.447 e. The molecule has 0 aromatic heterocycles. The van der Waals surface area contributed by atoms with E-state index in [2.05, 4.69) is 5.32 Å². The third-order valence-corrected chi connectivity index (χ3v) is 2.01. The number of esters is 1. The average Bonchev–Trinajstić information content (AvgIpc) is 2.24. The lowest BCUT2D eigenvalue weighted by molar-refractivity contribution is -0.137. The molecule has 4 nitrogen and oxygen atoms in total. The highest BCUT2D eigenvalue weighted by Crippen LogP contribution is 2.07. The Hall–Kier alpha value is -1.84. The first-order valence-electron chi connectivity index (χ1n) is 4.31. The Morgan fingerprint density at radius 1 is 1.36 bits per heavy atom. The lowest BCUT2D eigenvalue weighted by atomic mass is 10.2. The molecule has 1 atom stereocenters. The molecule has 1 aromatic rings. The van der Waals surface area contributed by atoms with Gasteiger partial charge in [0.1, 0.15) is 0 Å². The lowest BCUT2D eigenvalue weighted by Gasteiger charge is -2.25. The summed E-state index contributed by atoms with van der Waals surface area (Å²) >= 11 is 0. The molecule has 14 heavy (non-hydrogen) atoms. The Labute approximate surface area is 80.9 Å². The molecule has 1 aliphatic heterocycles. The zero-order valence-electron chi connectivity index (χ0n) is 7.40. The predicted octanol–water partition coefficient (Wildman–Crippen LogP) is 0.342. The number of carbonyl (C=O) groups excluding carboxylic acids is 2. The van der Waals surface area contributed by atoms with E-state index in [-0.39, 0.29) is 5.91 Å². The molecular formula is C10H9NO3. The van der Waals surface area contributed by atoms with Crippen molar-refractivity contribution in [2.75, 3.05) is 6.54 Å². The molecule has 1 saturated heterocycles. The van der Waals surface area contributed by atoms with Crippen LogP contribution in [0.15, 0.2) is 30.3 Å². The highest BCUT2D eigenvalue weighted by Gasteiger charge is 2.31. The van der Waals surface area contributed by atoms with Crippen LogP contribution >= 0.6 is 0 Å². The van der Waals surface area contributed by atoms with Gasteiger partial charge in [-0.05, 0) is 12.1 Å². The van der Waals surface area contributed by atoms with Crippen LogP contribution in [0.2, 0.25) is 0 Å². The maximum Gasteiger partial charge on any atom is 0.338 e. The maximum absolute atomic E-state index is 11.4. The lowest BCUT2D eigenvalue weighted by Crippen LogP contribution is -2.55. The molecule has 0 spiro atoms. The molecule has 1 aliphatic rings. The second-order valence-electron chi connectivity index (χ2n) is 3.01. The van der Waals surface area contributed by atoms with E-state index in [0.717, 1.165) is 0 Å². The first kappa shape index (κ1) is 8.74. The molecule has 1 heterocycles. The Morgan fingerprint density at radius 3 is 2.57 bits per heavy atom. The van der Waals surface area contributed by atoms with Crippen molar-refractivity contribution in [3.8, 4) is 0 Å². The summed E-state index contributed by atoms with van der Waals surface area (Å²) in [5, 5.41) is 2.50. The normalized spacial score (nSPS) is 19.4. The molecule has 0 aliphatic carbocycles. The number of benzene rings is 1. The highest BCUT2D eigenvalue weighted by molar-refractivity contribution is 5.94. The zero-order chi connectivity index (χ0) is 9.97. The second kappa shape index (κ2) is 3.49. The zero-order valence-corrected chi connectivity index (χ0v) is 7.40. The van der Waals surface area contributed by atoms with Crippen LogP contribution in [0, 0.1) is 0 Å². The Balaban J connectivity index is 1.99. The van der Waals surface area contributed by atoms with Crippen molar-refractivity contribution in [2.45, 2.75) is 6.10 Å². The van der Waals surface area contributed by atoms with Gasteiger partial charge < -0.3 is 10.1 Å². The molecule has 2 rings (SSSR count). The van der Waals surface area contributed by atoms with Gasteiger partial charge in [0, 0.05) is 0 Å². The summed E-state index contributed by atoms with van der Waals surface area (Å²) < 4.78 is 4.93. The predicted molar refractivity (Wildman–Crippen MR) is 48.7 cm³/mol. The summed E-state index contributed by atoms with van der Waals surface area (Å²) in [6, 6.07) is 8.61. The number of hydrogen-bond donors (Lipinski definition) is 1. The van der Waals surface area contributed by atoms with Gasteiger partial charge in [-0.1, -0.05) is 18.2 Å². The minimum Gasteiger partial charge on any atom is -0.447 e. The van der Waals surface area contributed by atoms with Crippen LogP contribution in [0.5, 0.6) is 0 Å². The molecule has 1 fully saturated rings. The summed E-state index contributed by atoms with van der Waals surface area (Å²) in [6.45, 7) is 0.414. The molecule has 0 saturated carbocycles. The minimum absolute atomic E-state index is 0.228. The third-order valence-electron chi connectivity index (χ3n) is 2.01. The van der Waals surface area contributed by atoms with Gasteiger partial charge in [-0.15, -0.1) is 0 Å². The van der Waals surface area contributed by atoms with Gasteiger partial charge in [0.25, 0.3) is 5.91 Å². The fraction of sp³-hybridized carbons (Fsp3) is 0.200. The number of ether oxygens (including phenoxy) is 1. The number of amides is 1. The topological polar surface area (TPSA) is 55.4 Å². The van der Waals surface area contributed by atoms with Crippen molar-refractivity contribution in [3.05, 3.63) is 35.9 Å². The van der Waals surface area contributed by atoms with E-state index in [0.29, 0.717) is 12.1 Å². The van der Waals surface area contributed by atoms with Crippen LogP contribution in [0.4, 0.5) is 0 Å². The Kier molecular flexibility index (Phi) is 2.18. The summed E-state index contributed by atoms with van der Waals surface area (Å²) in [4.78, 5) is 22.2. The van der Waals surface area contributed by atoms with Gasteiger partial charge in [-0.3, -0.25) is 4.79 Å². The van der Waals surface area contributed by atoms with E-state index >= 15 is 0 Å². The van der Waals surface area contributed by atoms with Gasteiger partial charge in [0.2, 0.25) is 0 Å². The Morgan fingerprint density at radius 2 is 2.07 bits per heavy atom. The van der Waals surface area contributed by atoms with E-state index in [1.807, 2.05) is 6.07 Å². The van der Waals surface area contributed by atoms with Gasteiger partial charge in [0.15, 0.2) is 6.10 Å². The number of nitrogens with one attached hydrogen (secondary N) is 1. The quantitative estimate of drug-likeness (QED) is 0.541. The monoisotopic (exact) mass is 191 g/mol. The Bertz CT molecular complexity index is 361.